The van der Waals surface area contributed by atoms with Gasteiger partial charge in [0.2, 0.25) is 0 Å². The van der Waals surface area contributed by atoms with Crippen LogP contribution in [0.1, 0.15) is 39.0 Å². The van der Waals surface area contributed by atoms with Crippen molar-refractivity contribution in [2.24, 2.45) is 11.8 Å². The highest BCUT2D eigenvalue weighted by atomic mass is 16.3. The smallest absolute Gasteiger partial charge is 0.0434 e. The minimum Gasteiger partial charge on any atom is -0.396 e. The molecule has 0 aromatic carbocycles. The largest absolute Gasteiger partial charge is 0.396 e. The number of rotatable bonds is 8. The molecule has 0 aromatic rings. The molecule has 1 unspecified atom stereocenters. The third kappa shape index (κ3) is 5.83. The van der Waals surface area contributed by atoms with Gasteiger partial charge in [0.1, 0.15) is 0 Å². The lowest BCUT2D eigenvalue weighted by atomic mass is 9.97. The van der Waals surface area contributed by atoms with Gasteiger partial charge in [0, 0.05) is 6.61 Å². The standard InChI is InChI=1S/C13H28N2O/c1-2-3-12(6-9-16)10-15-11-13-4-7-14-8-5-13/h12-16H,2-11H2,1H3. The molecule has 1 saturated heterocycles. The molecule has 3 nitrogen and oxygen atoms in total. The van der Waals surface area contributed by atoms with Crippen molar-refractivity contribution in [3.63, 3.8) is 0 Å². The maximum absolute atomic E-state index is 8.98. The Kier molecular flexibility index (Phi) is 7.81. The molecule has 0 bridgehead atoms. The van der Waals surface area contributed by atoms with E-state index in [2.05, 4.69) is 17.6 Å². The van der Waals surface area contributed by atoms with Crippen LogP contribution in [0, 0.1) is 11.8 Å². The monoisotopic (exact) mass is 228 g/mol. The highest BCUT2D eigenvalue weighted by Crippen LogP contribution is 2.12. The van der Waals surface area contributed by atoms with Gasteiger partial charge in [0.25, 0.3) is 0 Å². The molecule has 0 aromatic heterocycles. The van der Waals surface area contributed by atoms with E-state index >= 15 is 0 Å². The zero-order valence-corrected chi connectivity index (χ0v) is 10.7. The van der Waals surface area contributed by atoms with Crippen LogP contribution in [0.2, 0.25) is 0 Å². The van der Waals surface area contributed by atoms with Crippen LogP contribution in [0.3, 0.4) is 0 Å². The number of hydrogen-bond acceptors (Lipinski definition) is 3. The van der Waals surface area contributed by atoms with Crippen LogP contribution in [0.4, 0.5) is 0 Å². The first-order valence-electron chi connectivity index (χ1n) is 6.89. The van der Waals surface area contributed by atoms with Crippen molar-refractivity contribution in [2.75, 3.05) is 32.8 Å². The summed E-state index contributed by atoms with van der Waals surface area (Å²) in [7, 11) is 0. The molecule has 0 radical (unpaired) electrons. The quantitative estimate of drug-likeness (QED) is 0.588. The molecule has 1 rings (SSSR count). The van der Waals surface area contributed by atoms with E-state index in [4.69, 9.17) is 5.11 Å². The average molecular weight is 228 g/mol. The summed E-state index contributed by atoms with van der Waals surface area (Å²) in [6.45, 7) is 7.16. The van der Waals surface area contributed by atoms with Gasteiger partial charge in [-0.2, -0.15) is 0 Å². The third-order valence-electron chi connectivity index (χ3n) is 3.56. The van der Waals surface area contributed by atoms with Crippen LogP contribution >= 0.6 is 0 Å². The molecule has 16 heavy (non-hydrogen) atoms. The predicted molar refractivity (Wildman–Crippen MR) is 68.6 cm³/mol. The molecule has 1 fully saturated rings. The van der Waals surface area contributed by atoms with Gasteiger partial charge in [-0.15, -0.1) is 0 Å². The topological polar surface area (TPSA) is 44.3 Å². The number of aliphatic hydroxyl groups is 1. The van der Waals surface area contributed by atoms with E-state index in [1.807, 2.05) is 0 Å². The Morgan fingerprint density at radius 1 is 1.31 bits per heavy atom. The van der Waals surface area contributed by atoms with E-state index in [0.29, 0.717) is 12.5 Å². The van der Waals surface area contributed by atoms with E-state index in [9.17, 15) is 0 Å². The lowest BCUT2D eigenvalue weighted by Gasteiger charge is -2.24. The normalized spacial score (nSPS) is 19.9. The number of piperidine rings is 1. The highest BCUT2D eigenvalue weighted by molar-refractivity contribution is 4.71. The van der Waals surface area contributed by atoms with Crippen molar-refractivity contribution >= 4 is 0 Å². The summed E-state index contributed by atoms with van der Waals surface area (Å²) in [4.78, 5) is 0. The van der Waals surface area contributed by atoms with Gasteiger partial charge < -0.3 is 15.7 Å². The van der Waals surface area contributed by atoms with Gasteiger partial charge in [-0.25, -0.2) is 0 Å². The van der Waals surface area contributed by atoms with Gasteiger partial charge >= 0.3 is 0 Å². The Morgan fingerprint density at radius 2 is 2.06 bits per heavy atom. The lowest BCUT2D eigenvalue weighted by molar-refractivity contribution is 0.244. The Bertz CT molecular complexity index is 152. The van der Waals surface area contributed by atoms with Crippen LogP contribution < -0.4 is 10.6 Å². The first-order valence-corrected chi connectivity index (χ1v) is 6.89. The zero-order valence-electron chi connectivity index (χ0n) is 10.7. The first-order chi connectivity index (χ1) is 7.86. The minimum atomic E-state index is 0.333. The summed E-state index contributed by atoms with van der Waals surface area (Å²) < 4.78 is 0. The third-order valence-corrected chi connectivity index (χ3v) is 3.56. The predicted octanol–water partition coefficient (Wildman–Crippen LogP) is 1.37. The number of hydrogen-bond donors (Lipinski definition) is 3. The lowest BCUT2D eigenvalue weighted by Crippen LogP contribution is -2.35. The van der Waals surface area contributed by atoms with Gasteiger partial charge in [0.15, 0.2) is 0 Å². The Balaban J connectivity index is 2.06. The zero-order chi connectivity index (χ0) is 11.6. The maximum Gasteiger partial charge on any atom is 0.0434 e. The van der Waals surface area contributed by atoms with Gasteiger partial charge in [-0.3, -0.25) is 0 Å². The summed E-state index contributed by atoms with van der Waals surface area (Å²) in [6.07, 6.45) is 6.03. The van der Waals surface area contributed by atoms with Gasteiger partial charge in [-0.1, -0.05) is 13.3 Å². The fraction of sp³-hybridized carbons (Fsp3) is 1.00. The summed E-state index contributed by atoms with van der Waals surface area (Å²) >= 11 is 0. The molecule has 96 valence electrons. The first kappa shape index (κ1) is 13.9. The van der Waals surface area contributed by atoms with Crippen LogP contribution in [0.25, 0.3) is 0 Å². The van der Waals surface area contributed by atoms with Gasteiger partial charge in [0.05, 0.1) is 0 Å². The molecule has 0 aliphatic carbocycles. The number of aliphatic hydroxyl groups excluding tert-OH is 1. The van der Waals surface area contributed by atoms with Crippen molar-refractivity contribution in [1.29, 1.82) is 0 Å². The van der Waals surface area contributed by atoms with Crippen LogP contribution in [0.5, 0.6) is 0 Å². The minimum absolute atomic E-state index is 0.333. The molecule has 1 aliphatic rings. The molecular weight excluding hydrogens is 200 g/mol. The summed E-state index contributed by atoms with van der Waals surface area (Å²) in [5.41, 5.74) is 0. The second-order valence-corrected chi connectivity index (χ2v) is 5.02. The summed E-state index contributed by atoms with van der Waals surface area (Å²) in [5, 5.41) is 16.0. The number of nitrogens with one attached hydrogen (secondary N) is 2. The SMILES string of the molecule is CCCC(CCO)CNCC1CCNCC1. The average Bonchev–Trinajstić information content (AvgIpc) is 2.31. The van der Waals surface area contributed by atoms with E-state index in [-0.39, 0.29) is 0 Å². The summed E-state index contributed by atoms with van der Waals surface area (Å²) in [5.74, 6) is 1.52. The van der Waals surface area contributed by atoms with Crippen molar-refractivity contribution in [3.8, 4) is 0 Å². The van der Waals surface area contributed by atoms with Crippen molar-refractivity contribution in [1.82, 2.24) is 10.6 Å². The molecule has 3 N–H and O–H groups in total. The van der Waals surface area contributed by atoms with E-state index in [1.165, 1.54) is 38.8 Å². The highest BCUT2D eigenvalue weighted by Gasteiger charge is 2.13. The van der Waals surface area contributed by atoms with E-state index < -0.39 is 0 Å². The second kappa shape index (κ2) is 8.97. The Hall–Kier alpha value is -0.120. The molecule has 1 heterocycles. The molecular formula is C13H28N2O. The maximum atomic E-state index is 8.98. The molecule has 1 aliphatic heterocycles. The summed E-state index contributed by atoms with van der Waals surface area (Å²) in [6, 6.07) is 0. The fourth-order valence-electron chi connectivity index (χ4n) is 2.52. The van der Waals surface area contributed by atoms with Crippen LogP contribution in [-0.2, 0) is 0 Å². The Morgan fingerprint density at radius 3 is 2.69 bits per heavy atom. The second-order valence-electron chi connectivity index (χ2n) is 5.02. The van der Waals surface area contributed by atoms with Crippen molar-refractivity contribution < 1.29 is 5.11 Å². The molecule has 3 heteroatoms. The molecule has 0 saturated carbocycles. The van der Waals surface area contributed by atoms with Crippen LogP contribution in [-0.4, -0.2) is 37.9 Å². The van der Waals surface area contributed by atoms with Gasteiger partial charge in [-0.05, 0) is 63.7 Å². The molecule has 0 spiro atoms. The van der Waals surface area contributed by atoms with Crippen molar-refractivity contribution in [3.05, 3.63) is 0 Å². The molecule has 1 atom stereocenters. The van der Waals surface area contributed by atoms with Crippen molar-refractivity contribution in [2.45, 2.75) is 39.0 Å². The van der Waals surface area contributed by atoms with E-state index in [0.717, 1.165) is 25.4 Å². The van der Waals surface area contributed by atoms with Crippen LogP contribution in [0.15, 0.2) is 0 Å². The molecule has 0 amide bonds. The van der Waals surface area contributed by atoms with E-state index in [1.54, 1.807) is 0 Å². The fourth-order valence-corrected chi connectivity index (χ4v) is 2.52. The Labute approximate surface area is 100 Å².